The molecule has 3 heteroatoms. The van der Waals surface area contributed by atoms with Crippen molar-refractivity contribution in [2.75, 3.05) is 13.1 Å². The summed E-state index contributed by atoms with van der Waals surface area (Å²) in [6.07, 6.45) is 1.15. The van der Waals surface area contributed by atoms with Gasteiger partial charge in [-0.1, -0.05) is 20.8 Å². The van der Waals surface area contributed by atoms with Crippen LogP contribution in [0.2, 0.25) is 0 Å². The Kier molecular flexibility index (Phi) is 3.77. The first kappa shape index (κ1) is 12.5. The number of carbonyl (C=O) groups excluding carboxylic acids is 1. The highest BCUT2D eigenvalue weighted by atomic mass is 16.1. The predicted molar refractivity (Wildman–Crippen MR) is 62.7 cm³/mol. The van der Waals surface area contributed by atoms with Crippen molar-refractivity contribution < 1.29 is 4.79 Å². The van der Waals surface area contributed by atoms with Crippen molar-refractivity contribution >= 4 is 5.91 Å². The molecule has 0 unspecified atom stereocenters. The molecule has 1 rings (SSSR count). The third-order valence-corrected chi connectivity index (χ3v) is 3.47. The molecule has 0 atom stereocenters. The number of nitrogens with one attached hydrogen (secondary N) is 1. The van der Waals surface area contributed by atoms with E-state index in [9.17, 15) is 4.79 Å². The van der Waals surface area contributed by atoms with Gasteiger partial charge in [0, 0.05) is 24.5 Å². The Morgan fingerprint density at radius 3 is 2.40 bits per heavy atom. The zero-order valence-corrected chi connectivity index (χ0v) is 10.6. The fourth-order valence-corrected chi connectivity index (χ4v) is 1.66. The van der Waals surface area contributed by atoms with Crippen molar-refractivity contribution in [3.63, 3.8) is 0 Å². The van der Waals surface area contributed by atoms with Crippen molar-refractivity contribution in [1.82, 2.24) is 10.2 Å². The SMILES string of the molecule is CCC(C)(C)N1CC(NC(=O)C(C)C)C1. The molecule has 0 aromatic rings. The second-order valence-corrected chi connectivity index (χ2v) is 5.43. The van der Waals surface area contributed by atoms with E-state index in [-0.39, 0.29) is 17.4 Å². The summed E-state index contributed by atoms with van der Waals surface area (Å²) < 4.78 is 0. The molecule has 3 nitrogen and oxygen atoms in total. The molecule has 88 valence electrons. The van der Waals surface area contributed by atoms with Crippen LogP contribution in [0.5, 0.6) is 0 Å². The lowest BCUT2D eigenvalue weighted by Crippen LogP contribution is -2.65. The quantitative estimate of drug-likeness (QED) is 0.768. The third kappa shape index (κ3) is 2.94. The lowest BCUT2D eigenvalue weighted by molar-refractivity contribution is -0.126. The van der Waals surface area contributed by atoms with E-state index in [0.29, 0.717) is 6.04 Å². The highest BCUT2D eigenvalue weighted by Gasteiger charge is 2.36. The molecule has 1 heterocycles. The average Bonchev–Trinajstić information content (AvgIpc) is 2.09. The van der Waals surface area contributed by atoms with Gasteiger partial charge in [-0.05, 0) is 20.3 Å². The first-order chi connectivity index (χ1) is 6.86. The van der Waals surface area contributed by atoms with Crippen LogP contribution in [0.1, 0.15) is 41.0 Å². The van der Waals surface area contributed by atoms with Crippen molar-refractivity contribution in [3.8, 4) is 0 Å². The van der Waals surface area contributed by atoms with Gasteiger partial charge in [0.05, 0.1) is 6.04 Å². The zero-order valence-electron chi connectivity index (χ0n) is 10.6. The summed E-state index contributed by atoms with van der Waals surface area (Å²) >= 11 is 0. The molecule has 1 N–H and O–H groups in total. The van der Waals surface area contributed by atoms with Gasteiger partial charge in [0.15, 0.2) is 0 Å². The minimum absolute atomic E-state index is 0.0956. The van der Waals surface area contributed by atoms with Gasteiger partial charge < -0.3 is 5.32 Å². The van der Waals surface area contributed by atoms with Gasteiger partial charge in [0.2, 0.25) is 5.91 Å². The predicted octanol–water partition coefficient (Wildman–Crippen LogP) is 1.63. The molecule has 1 amide bonds. The molecule has 15 heavy (non-hydrogen) atoms. The number of likely N-dealkylation sites (tertiary alicyclic amines) is 1. The Hall–Kier alpha value is -0.570. The first-order valence-corrected chi connectivity index (χ1v) is 5.92. The lowest BCUT2D eigenvalue weighted by Gasteiger charge is -2.49. The number of amides is 1. The maximum absolute atomic E-state index is 11.4. The molecule has 1 fully saturated rings. The van der Waals surface area contributed by atoms with Crippen molar-refractivity contribution in [3.05, 3.63) is 0 Å². The number of carbonyl (C=O) groups is 1. The molecular formula is C12H24N2O. The Bertz CT molecular complexity index is 230. The second kappa shape index (κ2) is 4.52. The number of nitrogens with zero attached hydrogens (tertiary/aromatic N) is 1. The van der Waals surface area contributed by atoms with Gasteiger partial charge in [0.1, 0.15) is 0 Å². The van der Waals surface area contributed by atoms with E-state index in [1.165, 1.54) is 0 Å². The molecule has 0 aromatic heterocycles. The highest BCUT2D eigenvalue weighted by molar-refractivity contribution is 5.78. The fraction of sp³-hybridized carbons (Fsp3) is 0.917. The first-order valence-electron chi connectivity index (χ1n) is 5.92. The van der Waals surface area contributed by atoms with Crippen LogP contribution < -0.4 is 5.32 Å². The van der Waals surface area contributed by atoms with Gasteiger partial charge in [-0.25, -0.2) is 0 Å². The van der Waals surface area contributed by atoms with E-state index in [1.54, 1.807) is 0 Å². The van der Waals surface area contributed by atoms with Crippen LogP contribution in [0.3, 0.4) is 0 Å². The van der Waals surface area contributed by atoms with Crippen LogP contribution in [0, 0.1) is 5.92 Å². The molecule has 1 aliphatic rings. The van der Waals surface area contributed by atoms with Crippen molar-refractivity contribution in [2.24, 2.45) is 5.92 Å². The Labute approximate surface area is 93.2 Å². The van der Waals surface area contributed by atoms with Crippen molar-refractivity contribution in [1.29, 1.82) is 0 Å². The Morgan fingerprint density at radius 1 is 1.47 bits per heavy atom. The summed E-state index contributed by atoms with van der Waals surface area (Å²) in [6, 6.07) is 0.366. The molecule has 0 saturated carbocycles. The maximum Gasteiger partial charge on any atom is 0.222 e. The molecule has 0 aromatic carbocycles. The summed E-state index contributed by atoms with van der Waals surface area (Å²) in [5, 5.41) is 3.06. The second-order valence-electron chi connectivity index (χ2n) is 5.43. The van der Waals surface area contributed by atoms with E-state index >= 15 is 0 Å². The Balaban J connectivity index is 2.29. The standard InChI is InChI=1S/C12H24N2O/c1-6-12(4,5)14-7-10(8-14)13-11(15)9(2)3/h9-10H,6-8H2,1-5H3,(H,13,15). The van der Waals surface area contributed by atoms with Crippen LogP contribution in [-0.2, 0) is 4.79 Å². The maximum atomic E-state index is 11.4. The van der Waals surface area contributed by atoms with Gasteiger partial charge in [-0.15, -0.1) is 0 Å². The van der Waals surface area contributed by atoms with Gasteiger partial charge in [-0.3, -0.25) is 9.69 Å². The monoisotopic (exact) mass is 212 g/mol. The van der Waals surface area contributed by atoms with Gasteiger partial charge in [0.25, 0.3) is 0 Å². The molecule has 1 aliphatic heterocycles. The number of rotatable bonds is 4. The lowest BCUT2D eigenvalue weighted by atomic mass is 9.93. The van der Waals surface area contributed by atoms with Gasteiger partial charge >= 0.3 is 0 Å². The molecule has 0 radical (unpaired) electrons. The summed E-state index contributed by atoms with van der Waals surface area (Å²) in [4.78, 5) is 13.9. The summed E-state index contributed by atoms with van der Waals surface area (Å²) in [6.45, 7) is 12.6. The molecular weight excluding hydrogens is 188 g/mol. The summed E-state index contributed by atoms with van der Waals surface area (Å²) in [7, 11) is 0. The van der Waals surface area contributed by atoms with Crippen LogP contribution in [-0.4, -0.2) is 35.5 Å². The third-order valence-electron chi connectivity index (χ3n) is 3.47. The fourth-order valence-electron chi connectivity index (χ4n) is 1.66. The minimum atomic E-state index is 0.0956. The minimum Gasteiger partial charge on any atom is -0.351 e. The van der Waals surface area contributed by atoms with Crippen LogP contribution in [0.25, 0.3) is 0 Å². The number of hydrogen-bond donors (Lipinski definition) is 1. The molecule has 0 bridgehead atoms. The van der Waals surface area contributed by atoms with E-state index in [0.717, 1.165) is 19.5 Å². The largest absolute Gasteiger partial charge is 0.351 e. The van der Waals surface area contributed by atoms with E-state index in [4.69, 9.17) is 0 Å². The average molecular weight is 212 g/mol. The summed E-state index contributed by atoms with van der Waals surface area (Å²) in [5.74, 6) is 0.271. The topological polar surface area (TPSA) is 32.3 Å². The molecule has 1 saturated heterocycles. The smallest absolute Gasteiger partial charge is 0.222 e. The zero-order chi connectivity index (χ0) is 11.6. The normalized spacial score (nSPS) is 19.1. The van der Waals surface area contributed by atoms with E-state index in [2.05, 4.69) is 31.0 Å². The van der Waals surface area contributed by atoms with E-state index in [1.807, 2.05) is 13.8 Å². The molecule has 0 spiro atoms. The summed E-state index contributed by atoms with van der Waals surface area (Å²) in [5.41, 5.74) is 0.277. The van der Waals surface area contributed by atoms with Crippen LogP contribution in [0.4, 0.5) is 0 Å². The van der Waals surface area contributed by atoms with E-state index < -0.39 is 0 Å². The molecule has 0 aliphatic carbocycles. The van der Waals surface area contributed by atoms with Gasteiger partial charge in [-0.2, -0.15) is 0 Å². The Morgan fingerprint density at radius 2 is 2.00 bits per heavy atom. The highest BCUT2D eigenvalue weighted by Crippen LogP contribution is 2.24. The van der Waals surface area contributed by atoms with Crippen molar-refractivity contribution in [2.45, 2.75) is 52.6 Å². The van der Waals surface area contributed by atoms with Crippen LogP contribution in [0.15, 0.2) is 0 Å². The number of hydrogen-bond acceptors (Lipinski definition) is 2. The van der Waals surface area contributed by atoms with Crippen LogP contribution >= 0.6 is 0 Å².